The summed E-state index contributed by atoms with van der Waals surface area (Å²) in [5.41, 5.74) is 2.88. The molecule has 0 radical (unpaired) electrons. The van der Waals surface area contributed by atoms with Gasteiger partial charge in [0.15, 0.2) is 0 Å². The maximum Gasteiger partial charge on any atom is 0.107 e. The molecule has 1 aliphatic carbocycles. The Labute approximate surface area is 99.2 Å². The Morgan fingerprint density at radius 2 is 1.38 bits per heavy atom. The number of fused-ring (bicyclic) bond motifs is 1. The van der Waals surface area contributed by atoms with Gasteiger partial charge in [-0.05, 0) is 37.3 Å². The summed E-state index contributed by atoms with van der Waals surface area (Å²) in [6.07, 6.45) is 15.5. The van der Waals surface area contributed by atoms with E-state index in [2.05, 4.69) is 6.92 Å². The van der Waals surface area contributed by atoms with Gasteiger partial charge in [0.25, 0.3) is 0 Å². The van der Waals surface area contributed by atoms with Crippen molar-refractivity contribution in [3.05, 3.63) is 23.2 Å². The molecule has 1 aromatic rings. The van der Waals surface area contributed by atoms with E-state index >= 15 is 0 Å². The van der Waals surface area contributed by atoms with Gasteiger partial charge in [-0.1, -0.05) is 38.5 Å². The van der Waals surface area contributed by atoms with Crippen molar-refractivity contribution in [3.63, 3.8) is 0 Å². The molecule has 1 aliphatic rings. The van der Waals surface area contributed by atoms with Crippen LogP contribution in [0.1, 0.15) is 68.3 Å². The van der Waals surface area contributed by atoms with Crippen LogP contribution in [-0.2, 0) is 12.8 Å². The fraction of sp³-hybridized carbons (Fsp3) is 0.733. The Morgan fingerprint density at radius 3 is 2.06 bits per heavy atom. The second-order valence-electron chi connectivity index (χ2n) is 5.15. The lowest BCUT2D eigenvalue weighted by Crippen LogP contribution is -1.95. The van der Waals surface area contributed by atoms with Crippen LogP contribution in [0.25, 0.3) is 0 Å². The van der Waals surface area contributed by atoms with Gasteiger partial charge in [0.1, 0.15) is 5.76 Å². The van der Waals surface area contributed by atoms with Crippen LogP contribution in [0.2, 0.25) is 0 Å². The smallest absolute Gasteiger partial charge is 0.107 e. The zero-order valence-corrected chi connectivity index (χ0v) is 10.6. The standard InChI is InChI=1S/C15H24O/c1-13-12-16-15-11-9-7-5-3-2-4-6-8-10-14(13)15/h12H,2-11H2,1H3. The predicted octanol–water partition coefficient (Wildman–Crippen LogP) is 4.81. The molecular weight excluding hydrogens is 196 g/mol. The molecule has 2 rings (SSSR count). The van der Waals surface area contributed by atoms with Gasteiger partial charge in [-0.25, -0.2) is 0 Å². The molecule has 0 N–H and O–H groups in total. The van der Waals surface area contributed by atoms with Crippen molar-refractivity contribution in [1.29, 1.82) is 0 Å². The fourth-order valence-corrected chi connectivity index (χ4v) is 2.72. The predicted molar refractivity (Wildman–Crippen MR) is 67.8 cm³/mol. The molecule has 1 nitrogen and oxygen atoms in total. The molecule has 0 unspecified atom stereocenters. The summed E-state index contributed by atoms with van der Waals surface area (Å²) in [6.45, 7) is 2.19. The van der Waals surface area contributed by atoms with E-state index in [4.69, 9.17) is 4.42 Å². The van der Waals surface area contributed by atoms with E-state index in [1.165, 1.54) is 74.7 Å². The Morgan fingerprint density at radius 1 is 0.812 bits per heavy atom. The minimum absolute atomic E-state index is 1.16. The quantitative estimate of drug-likeness (QED) is 0.611. The van der Waals surface area contributed by atoms with Gasteiger partial charge in [-0.15, -0.1) is 0 Å². The highest BCUT2D eigenvalue weighted by atomic mass is 16.3. The maximum atomic E-state index is 5.69. The SMILES string of the molecule is Cc1coc2c1CCCCCCCCCC2. The summed E-state index contributed by atoms with van der Waals surface area (Å²) in [5.74, 6) is 1.28. The minimum Gasteiger partial charge on any atom is -0.469 e. The Hall–Kier alpha value is -0.720. The van der Waals surface area contributed by atoms with Crippen molar-refractivity contribution in [3.8, 4) is 0 Å². The van der Waals surface area contributed by atoms with Crippen LogP contribution in [0, 0.1) is 6.92 Å². The van der Waals surface area contributed by atoms with Crippen molar-refractivity contribution < 1.29 is 4.42 Å². The lowest BCUT2D eigenvalue weighted by Gasteiger charge is -2.07. The highest BCUT2D eigenvalue weighted by Gasteiger charge is 2.10. The van der Waals surface area contributed by atoms with Crippen LogP contribution in [0.3, 0.4) is 0 Å². The van der Waals surface area contributed by atoms with Crippen molar-refractivity contribution in [2.75, 3.05) is 0 Å². The van der Waals surface area contributed by atoms with Crippen LogP contribution in [0.5, 0.6) is 0 Å². The molecular formula is C15H24O. The van der Waals surface area contributed by atoms with Gasteiger partial charge in [0.05, 0.1) is 6.26 Å². The molecule has 1 heteroatoms. The number of hydrogen-bond acceptors (Lipinski definition) is 1. The van der Waals surface area contributed by atoms with Gasteiger partial charge >= 0.3 is 0 Å². The maximum absolute atomic E-state index is 5.69. The lowest BCUT2D eigenvalue weighted by molar-refractivity contribution is 0.479. The number of furan rings is 1. The molecule has 0 saturated carbocycles. The third kappa shape index (κ3) is 3.13. The average Bonchev–Trinajstić information content (AvgIpc) is 2.60. The van der Waals surface area contributed by atoms with Gasteiger partial charge in [-0.2, -0.15) is 0 Å². The summed E-state index contributed by atoms with van der Waals surface area (Å²) in [7, 11) is 0. The molecule has 0 fully saturated rings. The minimum atomic E-state index is 1.16. The largest absolute Gasteiger partial charge is 0.469 e. The van der Waals surface area contributed by atoms with Crippen molar-refractivity contribution >= 4 is 0 Å². The average molecular weight is 220 g/mol. The first kappa shape index (κ1) is 11.8. The second kappa shape index (κ2) is 6.12. The molecule has 1 aromatic heterocycles. The summed E-state index contributed by atoms with van der Waals surface area (Å²) in [5, 5.41) is 0. The van der Waals surface area contributed by atoms with E-state index in [0.717, 1.165) is 6.42 Å². The van der Waals surface area contributed by atoms with Crippen molar-refractivity contribution in [1.82, 2.24) is 0 Å². The zero-order valence-electron chi connectivity index (χ0n) is 10.6. The van der Waals surface area contributed by atoms with E-state index < -0.39 is 0 Å². The van der Waals surface area contributed by atoms with Crippen molar-refractivity contribution in [2.24, 2.45) is 0 Å². The van der Waals surface area contributed by atoms with Crippen LogP contribution >= 0.6 is 0 Å². The van der Waals surface area contributed by atoms with Gasteiger partial charge < -0.3 is 4.42 Å². The Balaban J connectivity index is 2.00. The second-order valence-corrected chi connectivity index (χ2v) is 5.15. The first-order chi connectivity index (χ1) is 7.88. The molecule has 16 heavy (non-hydrogen) atoms. The Bertz CT molecular complexity index is 311. The summed E-state index contributed by atoms with van der Waals surface area (Å²) < 4.78 is 5.69. The molecule has 0 aromatic carbocycles. The first-order valence-corrected chi connectivity index (χ1v) is 6.94. The van der Waals surface area contributed by atoms with Crippen LogP contribution in [0.15, 0.2) is 10.7 Å². The summed E-state index contributed by atoms with van der Waals surface area (Å²) >= 11 is 0. The molecule has 0 aliphatic heterocycles. The topological polar surface area (TPSA) is 13.1 Å². The normalized spacial score (nSPS) is 19.6. The molecule has 0 atom stereocenters. The first-order valence-electron chi connectivity index (χ1n) is 6.94. The van der Waals surface area contributed by atoms with E-state index in [1.807, 2.05) is 6.26 Å². The van der Waals surface area contributed by atoms with Crippen LogP contribution in [0.4, 0.5) is 0 Å². The van der Waals surface area contributed by atoms with Crippen molar-refractivity contribution in [2.45, 2.75) is 71.1 Å². The van der Waals surface area contributed by atoms with Crippen LogP contribution in [-0.4, -0.2) is 0 Å². The number of aryl methyl sites for hydroxylation is 2. The lowest BCUT2D eigenvalue weighted by atomic mass is 9.98. The van der Waals surface area contributed by atoms with E-state index in [1.54, 1.807) is 0 Å². The summed E-state index contributed by atoms with van der Waals surface area (Å²) in [4.78, 5) is 0. The van der Waals surface area contributed by atoms with E-state index in [9.17, 15) is 0 Å². The molecule has 90 valence electrons. The van der Waals surface area contributed by atoms with Gasteiger partial charge in [0.2, 0.25) is 0 Å². The van der Waals surface area contributed by atoms with E-state index in [0.29, 0.717) is 0 Å². The highest BCUT2D eigenvalue weighted by Crippen LogP contribution is 2.23. The fourth-order valence-electron chi connectivity index (χ4n) is 2.72. The van der Waals surface area contributed by atoms with E-state index in [-0.39, 0.29) is 0 Å². The zero-order chi connectivity index (χ0) is 11.2. The van der Waals surface area contributed by atoms with Gasteiger partial charge in [0, 0.05) is 6.42 Å². The molecule has 0 saturated heterocycles. The molecule has 1 heterocycles. The number of hydrogen-bond donors (Lipinski definition) is 0. The molecule has 0 spiro atoms. The monoisotopic (exact) mass is 220 g/mol. The highest BCUT2D eigenvalue weighted by molar-refractivity contribution is 5.27. The third-order valence-electron chi connectivity index (χ3n) is 3.77. The van der Waals surface area contributed by atoms with Gasteiger partial charge in [-0.3, -0.25) is 0 Å². The van der Waals surface area contributed by atoms with Crippen LogP contribution < -0.4 is 0 Å². The molecule has 0 amide bonds. The number of rotatable bonds is 0. The Kier molecular flexibility index (Phi) is 4.50. The summed E-state index contributed by atoms with van der Waals surface area (Å²) in [6, 6.07) is 0. The molecule has 0 bridgehead atoms. The third-order valence-corrected chi connectivity index (χ3v) is 3.77.